The summed E-state index contributed by atoms with van der Waals surface area (Å²) in [5.41, 5.74) is 1.48. The quantitative estimate of drug-likeness (QED) is 0.493. The molecular formula is C17H20ClN3O3. The van der Waals surface area contributed by atoms with Crippen LogP contribution < -0.4 is 10.6 Å². The van der Waals surface area contributed by atoms with Crippen molar-refractivity contribution in [3.8, 4) is 0 Å². The minimum atomic E-state index is -0.411. The van der Waals surface area contributed by atoms with Crippen molar-refractivity contribution >= 4 is 23.5 Å². The standard InChI is InChI=1S/C17H20ClN3O3/c1-11-15(16(22)23-3)8-14(24-11)10-21-17(19-2)20-9-12-5-4-6-13(18)7-12/h4-8H,9-10H2,1-3H3,(H2,19,20,21). The maximum Gasteiger partial charge on any atom is 0.341 e. The van der Waals surface area contributed by atoms with Crippen molar-refractivity contribution in [3.63, 3.8) is 0 Å². The largest absolute Gasteiger partial charge is 0.465 e. The molecule has 1 heterocycles. The molecule has 6 nitrogen and oxygen atoms in total. The van der Waals surface area contributed by atoms with E-state index in [9.17, 15) is 4.79 Å². The molecule has 2 aromatic rings. The Balaban J connectivity index is 1.91. The highest BCUT2D eigenvalue weighted by Crippen LogP contribution is 2.15. The van der Waals surface area contributed by atoms with Crippen molar-refractivity contribution in [1.29, 1.82) is 0 Å². The maximum absolute atomic E-state index is 11.6. The highest BCUT2D eigenvalue weighted by molar-refractivity contribution is 6.30. The minimum Gasteiger partial charge on any atom is -0.465 e. The lowest BCUT2D eigenvalue weighted by Crippen LogP contribution is -2.36. The fraction of sp³-hybridized carbons (Fsp3) is 0.294. The summed E-state index contributed by atoms with van der Waals surface area (Å²) in [4.78, 5) is 15.7. The van der Waals surface area contributed by atoms with Gasteiger partial charge in [0.15, 0.2) is 5.96 Å². The zero-order chi connectivity index (χ0) is 17.5. The van der Waals surface area contributed by atoms with Crippen LogP contribution in [0.3, 0.4) is 0 Å². The summed E-state index contributed by atoms with van der Waals surface area (Å²) < 4.78 is 10.3. The average Bonchev–Trinajstić information content (AvgIpc) is 2.95. The number of benzene rings is 1. The van der Waals surface area contributed by atoms with E-state index in [-0.39, 0.29) is 0 Å². The molecule has 0 radical (unpaired) electrons. The van der Waals surface area contributed by atoms with Gasteiger partial charge in [-0.1, -0.05) is 23.7 Å². The Bertz CT molecular complexity index is 740. The zero-order valence-electron chi connectivity index (χ0n) is 13.9. The van der Waals surface area contributed by atoms with E-state index < -0.39 is 5.97 Å². The number of methoxy groups -OCH3 is 1. The van der Waals surface area contributed by atoms with Crippen molar-refractivity contribution in [2.75, 3.05) is 14.2 Å². The van der Waals surface area contributed by atoms with Gasteiger partial charge in [-0.3, -0.25) is 4.99 Å². The van der Waals surface area contributed by atoms with Gasteiger partial charge in [0.05, 0.1) is 13.7 Å². The normalized spacial score (nSPS) is 11.2. The van der Waals surface area contributed by atoms with E-state index in [0.717, 1.165) is 5.56 Å². The summed E-state index contributed by atoms with van der Waals surface area (Å²) in [6.45, 7) is 2.71. The lowest BCUT2D eigenvalue weighted by atomic mass is 10.2. The summed E-state index contributed by atoms with van der Waals surface area (Å²) in [7, 11) is 3.02. The second-order valence-corrected chi connectivity index (χ2v) is 5.52. The Labute approximate surface area is 145 Å². The van der Waals surface area contributed by atoms with Gasteiger partial charge >= 0.3 is 5.97 Å². The van der Waals surface area contributed by atoms with Crippen molar-refractivity contribution in [1.82, 2.24) is 10.6 Å². The second-order valence-electron chi connectivity index (χ2n) is 5.08. The highest BCUT2D eigenvalue weighted by Gasteiger charge is 2.15. The van der Waals surface area contributed by atoms with Crippen LogP contribution in [0.4, 0.5) is 0 Å². The number of nitrogens with zero attached hydrogens (tertiary/aromatic N) is 1. The third kappa shape index (κ3) is 4.76. The first-order valence-electron chi connectivity index (χ1n) is 7.40. The van der Waals surface area contributed by atoms with Crippen LogP contribution >= 0.6 is 11.6 Å². The number of furan rings is 1. The third-order valence-corrected chi connectivity index (χ3v) is 3.61. The number of aryl methyl sites for hydroxylation is 1. The lowest BCUT2D eigenvalue weighted by molar-refractivity contribution is 0.0599. The van der Waals surface area contributed by atoms with Gasteiger partial charge in [0, 0.05) is 18.6 Å². The lowest BCUT2D eigenvalue weighted by Gasteiger charge is -2.11. The van der Waals surface area contributed by atoms with Gasteiger partial charge in [-0.05, 0) is 30.7 Å². The van der Waals surface area contributed by atoms with E-state index in [1.165, 1.54) is 7.11 Å². The Morgan fingerprint density at radius 1 is 1.29 bits per heavy atom. The van der Waals surface area contributed by atoms with Crippen LogP contribution in [0, 0.1) is 6.92 Å². The molecule has 0 aliphatic rings. The molecule has 0 unspecified atom stereocenters. The third-order valence-electron chi connectivity index (χ3n) is 3.38. The maximum atomic E-state index is 11.6. The van der Waals surface area contributed by atoms with Gasteiger partial charge in [0.25, 0.3) is 0 Å². The number of rotatable bonds is 5. The molecule has 2 rings (SSSR count). The minimum absolute atomic E-state index is 0.396. The van der Waals surface area contributed by atoms with E-state index in [1.807, 2.05) is 24.3 Å². The molecule has 0 spiro atoms. The van der Waals surface area contributed by atoms with Crippen LogP contribution in [0.5, 0.6) is 0 Å². The van der Waals surface area contributed by atoms with Gasteiger partial charge in [-0.2, -0.15) is 0 Å². The smallest absolute Gasteiger partial charge is 0.341 e. The molecule has 1 aromatic carbocycles. The van der Waals surface area contributed by atoms with E-state index in [1.54, 1.807) is 20.0 Å². The van der Waals surface area contributed by atoms with Crippen molar-refractivity contribution in [2.24, 2.45) is 4.99 Å². The van der Waals surface area contributed by atoms with Crippen LogP contribution in [-0.4, -0.2) is 26.1 Å². The molecule has 2 N–H and O–H groups in total. The van der Waals surface area contributed by atoms with Gasteiger partial charge < -0.3 is 19.8 Å². The number of carbonyl (C=O) groups excluding carboxylic acids is 1. The first-order chi connectivity index (χ1) is 11.5. The molecule has 0 saturated heterocycles. The predicted octanol–water partition coefficient (Wildman–Crippen LogP) is 2.89. The molecule has 0 aliphatic carbocycles. The second kappa shape index (κ2) is 8.40. The van der Waals surface area contributed by atoms with Crippen LogP contribution in [-0.2, 0) is 17.8 Å². The summed E-state index contributed by atoms with van der Waals surface area (Å²) in [5, 5.41) is 7.01. The van der Waals surface area contributed by atoms with Crippen LogP contribution in [0.2, 0.25) is 5.02 Å². The number of esters is 1. The number of nitrogens with one attached hydrogen (secondary N) is 2. The molecule has 0 atom stereocenters. The Kier molecular flexibility index (Phi) is 6.26. The number of ether oxygens (including phenoxy) is 1. The average molecular weight is 350 g/mol. The molecular weight excluding hydrogens is 330 g/mol. The monoisotopic (exact) mass is 349 g/mol. The number of carbonyl (C=O) groups is 1. The van der Waals surface area contributed by atoms with E-state index in [0.29, 0.717) is 41.2 Å². The molecule has 0 aliphatic heterocycles. The summed E-state index contributed by atoms with van der Waals surface area (Å²) >= 11 is 5.97. The highest BCUT2D eigenvalue weighted by atomic mass is 35.5. The van der Waals surface area contributed by atoms with Crippen LogP contribution in [0.15, 0.2) is 39.7 Å². The fourth-order valence-corrected chi connectivity index (χ4v) is 2.38. The van der Waals surface area contributed by atoms with E-state index in [2.05, 4.69) is 15.6 Å². The fourth-order valence-electron chi connectivity index (χ4n) is 2.17. The van der Waals surface area contributed by atoms with Crippen LogP contribution in [0.25, 0.3) is 0 Å². The molecule has 128 valence electrons. The topological polar surface area (TPSA) is 75.9 Å². The molecule has 0 bridgehead atoms. The van der Waals surface area contributed by atoms with Gasteiger partial charge in [-0.15, -0.1) is 0 Å². The van der Waals surface area contributed by atoms with E-state index >= 15 is 0 Å². The summed E-state index contributed by atoms with van der Waals surface area (Å²) in [6.07, 6.45) is 0. The van der Waals surface area contributed by atoms with E-state index in [4.69, 9.17) is 20.8 Å². The summed E-state index contributed by atoms with van der Waals surface area (Å²) in [5.74, 6) is 1.36. The molecule has 7 heteroatoms. The number of halogens is 1. The van der Waals surface area contributed by atoms with Crippen molar-refractivity contribution in [2.45, 2.75) is 20.0 Å². The molecule has 0 fully saturated rings. The SMILES string of the molecule is CN=C(NCc1cccc(Cl)c1)NCc1cc(C(=O)OC)c(C)o1. The Hall–Kier alpha value is -2.47. The first kappa shape index (κ1) is 17.9. The van der Waals surface area contributed by atoms with Gasteiger partial charge in [-0.25, -0.2) is 4.79 Å². The van der Waals surface area contributed by atoms with Crippen LogP contribution in [0.1, 0.15) is 27.4 Å². The van der Waals surface area contributed by atoms with Gasteiger partial charge in [0.1, 0.15) is 17.1 Å². The number of hydrogen-bond acceptors (Lipinski definition) is 4. The first-order valence-corrected chi connectivity index (χ1v) is 7.78. The Morgan fingerprint density at radius 2 is 2.04 bits per heavy atom. The number of aliphatic imine (C=N–C) groups is 1. The molecule has 0 saturated carbocycles. The predicted molar refractivity (Wildman–Crippen MR) is 93.3 cm³/mol. The molecule has 24 heavy (non-hydrogen) atoms. The van der Waals surface area contributed by atoms with Crippen molar-refractivity contribution < 1.29 is 13.9 Å². The van der Waals surface area contributed by atoms with Crippen molar-refractivity contribution in [3.05, 3.63) is 58.0 Å². The molecule has 0 amide bonds. The summed E-state index contributed by atoms with van der Waals surface area (Å²) in [6, 6.07) is 9.26. The zero-order valence-corrected chi connectivity index (χ0v) is 14.6. The number of hydrogen-bond donors (Lipinski definition) is 2. The Morgan fingerprint density at radius 3 is 2.71 bits per heavy atom. The number of guanidine groups is 1. The van der Waals surface area contributed by atoms with Gasteiger partial charge in [0.2, 0.25) is 0 Å². The molecule has 1 aromatic heterocycles.